The Balaban J connectivity index is 3.07. The van der Waals surface area contributed by atoms with Gasteiger partial charge in [0.2, 0.25) is 0 Å². The van der Waals surface area contributed by atoms with Crippen LogP contribution < -0.4 is 5.73 Å². The second kappa shape index (κ2) is 4.66. The summed E-state index contributed by atoms with van der Waals surface area (Å²) in [5.74, 6) is 0. The first-order valence-corrected chi connectivity index (χ1v) is 4.81. The molecule has 0 radical (unpaired) electrons. The van der Waals surface area contributed by atoms with Gasteiger partial charge in [0.05, 0.1) is 0 Å². The molecule has 0 unspecified atom stereocenters. The van der Waals surface area contributed by atoms with E-state index in [2.05, 4.69) is 26.0 Å². The molecular formula is C13H17N. The van der Waals surface area contributed by atoms with Gasteiger partial charge in [-0.1, -0.05) is 35.9 Å². The van der Waals surface area contributed by atoms with Crippen molar-refractivity contribution in [3.05, 3.63) is 47.6 Å². The van der Waals surface area contributed by atoms with Gasteiger partial charge in [-0.15, -0.1) is 0 Å². The van der Waals surface area contributed by atoms with Crippen molar-refractivity contribution in [1.82, 2.24) is 0 Å². The van der Waals surface area contributed by atoms with E-state index in [9.17, 15) is 0 Å². The minimum atomic E-state index is 0.838. The first kappa shape index (κ1) is 10.6. The Kier molecular flexibility index (Phi) is 3.52. The standard InChI is InChI=1S/C13H17N/c1-4-10(2)9-11(3)12-7-5-6-8-13(12)14/h4-9H,14H2,1-3H3/b10-4+,11-9-. The summed E-state index contributed by atoms with van der Waals surface area (Å²) in [5, 5.41) is 0. The number of nitrogens with two attached hydrogens (primary N) is 1. The third-order valence-corrected chi connectivity index (χ3v) is 2.29. The van der Waals surface area contributed by atoms with E-state index >= 15 is 0 Å². The number of hydrogen-bond donors (Lipinski definition) is 1. The summed E-state index contributed by atoms with van der Waals surface area (Å²) in [6.07, 6.45) is 4.23. The quantitative estimate of drug-likeness (QED) is 0.555. The molecule has 0 heterocycles. The fourth-order valence-electron chi connectivity index (χ4n) is 1.36. The maximum absolute atomic E-state index is 5.88. The number of benzene rings is 1. The van der Waals surface area contributed by atoms with Crippen molar-refractivity contribution in [1.29, 1.82) is 0 Å². The van der Waals surface area contributed by atoms with Crippen molar-refractivity contribution < 1.29 is 0 Å². The van der Waals surface area contributed by atoms with E-state index in [1.54, 1.807) is 0 Å². The topological polar surface area (TPSA) is 26.0 Å². The van der Waals surface area contributed by atoms with E-state index in [0.29, 0.717) is 0 Å². The Hall–Kier alpha value is -1.50. The number of hydrogen-bond acceptors (Lipinski definition) is 1. The van der Waals surface area contributed by atoms with Crippen LogP contribution in [0.25, 0.3) is 5.57 Å². The average molecular weight is 187 g/mol. The zero-order chi connectivity index (χ0) is 10.6. The molecule has 0 atom stereocenters. The van der Waals surface area contributed by atoms with E-state index in [4.69, 9.17) is 5.73 Å². The molecule has 0 spiro atoms. The highest BCUT2D eigenvalue weighted by atomic mass is 14.6. The number of para-hydroxylation sites is 1. The van der Waals surface area contributed by atoms with Gasteiger partial charge in [-0.05, 0) is 32.4 Å². The summed E-state index contributed by atoms with van der Waals surface area (Å²) in [6.45, 7) is 6.20. The molecule has 0 fully saturated rings. The molecule has 0 aromatic heterocycles. The third-order valence-electron chi connectivity index (χ3n) is 2.29. The van der Waals surface area contributed by atoms with Gasteiger partial charge >= 0.3 is 0 Å². The summed E-state index contributed by atoms with van der Waals surface area (Å²) >= 11 is 0. The zero-order valence-corrected chi connectivity index (χ0v) is 9.04. The lowest BCUT2D eigenvalue weighted by molar-refractivity contribution is 1.46. The van der Waals surface area contributed by atoms with E-state index < -0.39 is 0 Å². The van der Waals surface area contributed by atoms with Crippen LogP contribution in [0.3, 0.4) is 0 Å². The molecule has 1 aromatic rings. The summed E-state index contributed by atoms with van der Waals surface area (Å²) in [6, 6.07) is 7.93. The van der Waals surface area contributed by atoms with Gasteiger partial charge in [0.15, 0.2) is 0 Å². The SMILES string of the molecule is C/C=C(C)/C=C(/C)c1ccccc1N. The Morgan fingerprint density at radius 3 is 2.43 bits per heavy atom. The second-order valence-electron chi connectivity index (χ2n) is 3.45. The van der Waals surface area contributed by atoms with Crippen LogP contribution in [-0.2, 0) is 0 Å². The molecule has 1 aromatic carbocycles. The maximum atomic E-state index is 5.88. The van der Waals surface area contributed by atoms with Gasteiger partial charge in [-0.25, -0.2) is 0 Å². The van der Waals surface area contributed by atoms with Crippen molar-refractivity contribution in [2.45, 2.75) is 20.8 Å². The average Bonchev–Trinajstić information content (AvgIpc) is 2.18. The highest BCUT2D eigenvalue weighted by molar-refractivity contribution is 5.75. The lowest BCUT2D eigenvalue weighted by Gasteiger charge is -2.05. The fraction of sp³-hybridized carbons (Fsp3) is 0.231. The predicted octanol–water partition coefficient (Wildman–Crippen LogP) is 3.64. The summed E-state index contributed by atoms with van der Waals surface area (Å²) < 4.78 is 0. The van der Waals surface area contributed by atoms with Crippen LogP contribution in [0.5, 0.6) is 0 Å². The lowest BCUT2D eigenvalue weighted by atomic mass is 10.0. The molecule has 0 bridgehead atoms. The van der Waals surface area contributed by atoms with E-state index in [0.717, 1.165) is 11.3 Å². The molecule has 1 rings (SSSR count). The molecule has 0 amide bonds. The Bertz CT molecular complexity index is 373. The van der Waals surface area contributed by atoms with Crippen molar-refractivity contribution >= 4 is 11.3 Å². The Morgan fingerprint density at radius 2 is 1.86 bits per heavy atom. The van der Waals surface area contributed by atoms with Crippen LogP contribution in [0, 0.1) is 0 Å². The van der Waals surface area contributed by atoms with Crippen molar-refractivity contribution in [2.24, 2.45) is 0 Å². The fourth-order valence-corrected chi connectivity index (χ4v) is 1.36. The molecule has 0 saturated carbocycles. The Morgan fingerprint density at radius 1 is 1.21 bits per heavy atom. The largest absolute Gasteiger partial charge is 0.398 e. The van der Waals surface area contributed by atoms with Gasteiger partial charge < -0.3 is 5.73 Å². The van der Waals surface area contributed by atoms with E-state index in [1.807, 2.05) is 31.2 Å². The lowest BCUT2D eigenvalue weighted by Crippen LogP contribution is -1.91. The monoisotopic (exact) mass is 187 g/mol. The highest BCUT2D eigenvalue weighted by Gasteiger charge is 1.98. The third kappa shape index (κ3) is 2.49. The van der Waals surface area contributed by atoms with Gasteiger partial charge in [-0.2, -0.15) is 0 Å². The summed E-state index contributed by atoms with van der Waals surface area (Å²) in [4.78, 5) is 0. The molecule has 0 aliphatic carbocycles. The van der Waals surface area contributed by atoms with Gasteiger partial charge in [0.25, 0.3) is 0 Å². The van der Waals surface area contributed by atoms with Crippen LogP contribution in [-0.4, -0.2) is 0 Å². The van der Waals surface area contributed by atoms with Crippen LogP contribution in [0.2, 0.25) is 0 Å². The van der Waals surface area contributed by atoms with Crippen LogP contribution in [0.1, 0.15) is 26.3 Å². The van der Waals surface area contributed by atoms with Crippen molar-refractivity contribution in [2.75, 3.05) is 5.73 Å². The minimum Gasteiger partial charge on any atom is -0.398 e. The minimum absolute atomic E-state index is 0.838. The first-order valence-electron chi connectivity index (χ1n) is 4.81. The van der Waals surface area contributed by atoms with Gasteiger partial charge in [0.1, 0.15) is 0 Å². The second-order valence-corrected chi connectivity index (χ2v) is 3.45. The molecule has 2 N–H and O–H groups in total. The summed E-state index contributed by atoms with van der Waals surface area (Å²) in [5.41, 5.74) is 10.3. The Labute approximate surface area is 85.9 Å². The maximum Gasteiger partial charge on any atom is 0.0390 e. The number of nitrogen functional groups attached to an aromatic ring is 1. The van der Waals surface area contributed by atoms with Gasteiger partial charge in [0, 0.05) is 11.3 Å². The van der Waals surface area contributed by atoms with Crippen molar-refractivity contribution in [3.8, 4) is 0 Å². The number of allylic oxidation sites excluding steroid dienone is 4. The predicted molar refractivity (Wildman–Crippen MR) is 63.9 cm³/mol. The molecular weight excluding hydrogens is 170 g/mol. The normalized spacial score (nSPS) is 13.1. The molecule has 74 valence electrons. The molecule has 1 nitrogen and oxygen atoms in total. The number of rotatable bonds is 2. The molecule has 14 heavy (non-hydrogen) atoms. The molecule has 1 heteroatoms. The summed E-state index contributed by atoms with van der Waals surface area (Å²) in [7, 11) is 0. The van der Waals surface area contributed by atoms with Crippen LogP contribution in [0.4, 0.5) is 5.69 Å². The van der Waals surface area contributed by atoms with E-state index in [1.165, 1.54) is 11.1 Å². The number of anilines is 1. The smallest absolute Gasteiger partial charge is 0.0390 e. The van der Waals surface area contributed by atoms with Crippen LogP contribution >= 0.6 is 0 Å². The molecule has 0 aliphatic rings. The zero-order valence-electron chi connectivity index (χ0n) is 9.04. The highest BCUT2D eigenvalue weighted by Crippen LogP contribution is 2.21. The van der Waals surface area contributed by atoms with Gasteiger partial charge in [-0.3, -0.25) is 0 Å². The molecule has 0 aliphatic heterocycles. The van der Waals surface area contributed by atoms with Crippen LogP contribution in [0.15, 0.2) is 42.0 Å². The van der Waals surface area contributed by atoms with E-state index in [-0.39, 0.29) is 0 Å². The molecule has 0 saturated heterocycles. The van der Waals surface area contributed by atoms with Crippen molar-refractivity contribution in [3.63, 3.8) is 0 Å². The first-order chi connectivity index (χ1) is 6.65.